The first-order chi connectivity index (χ1) is 8.58. The number of amides is 1. The molecule has 1 heterocycles. The largest absolute Gasteiger partial charge is 0.508 e. The first kappa shape index (κ1) is 12.1. The molecular formula is C14H14N2O2. The molecule has 1 N–H and O–H groups in total. The van der Waals surface area contributed by atoms with E-state index in [-0.39, 0.29) is 11.7 Å². The van der Waals surface area contributed by atoms with Gasteiger partial charge in [-0.2, -0.15) is 0 Å². The molecule has 0 unspecified atom stereocenters. The predicted molar refractivity (Wildman–Crippen MR) is 69.8 cm³/mol. The summed E-state index contributed by atoms with van der Waals surface area (Å²) in [7, 11) is 1.67. The number of phenols is 1. The van der Waals surface area contributed by atoms with Crippen molar-refractivity contribution in [3.63, 3.8) is 0 Å². The second-order valence-corrected chi connectivity index (χ2v) is 4.13. The lowest BCUT2D eigenvalue weighted by Gasteiger charge is -2.17. The highest BCUT2D eigenvalue weighted by Gasteiger charge is 2.14. The monoisotopic (exact) mass is 242 g/mol. The van der Waals surface area contributed by atoms with E-state index < -0.39 is 0 Å². The van der Waals surface area contributed by atoms with Crippen LogP contribution in [-0.2, 0) is 0 Å². The molecule has 0 atom stereocenters. The molecule has 0 aliphatic heterocycles. The van der Waals surface area contributed by atoms with Gasteiger partial charge in [0.05, 0.1) is 5.56 Å². The van der Waals surface area contributed by atoms with Gasteiger partial charge in [-0.15, -0.1) is 0 Å². The van der Waals surface area contributed by atoms with Gasteiger partial charge in [0, 0.05) is 31.2 Å². The summed E-state index contributed by atoms with van der Waals surface area (Å²) in [5.74, 6) is -0.0219. The summed E-state index contributed by atoms with van der Waals surface area (Å²) >= 11 is 0. The standard InChI is InChI=1S/C14H14N2O2/c1-10-6-11(9-15-8-10)14(18)16(2)12-4-3-5-13(17)7-12/h3-9,17H,1-2H3. The molecule has 4 heteroatoms. The maximum absolute atomic E-state index is 12.2. The Labute approximate surface area is 106 Å². The molecule has 1 amide bonds. The number of carbonyl (C=O) groups excluding carboxylic acids is 1. The highest BCUT2D eigenvalue weighted by atomic mass is 16.3. The van der Waals surface area contributed by atoms with Crippen molar-refractivity contribution >= 4 is 11.6 Å². The van der Waals surface area contributed by atoms with Crippen molar-refractivity contribution in [2.24, 2.45) is 0 Å². The van der Waals surface area contributed by atoms with Crippen molar-refractivity contribution in [3.8, 4) is 5.75 Å². The maximum atomic E-state index is 12.2. The van der Waals surface area contributed by atoms with E-state index in [9.17, 15) is 9.90 Å². The third-order valence-electron chi connectivity index (χ3n) is 2.64. The van der Waals surface area contributed by atoms with Gasteiger partial charge in [-0.1, -0.05) is 6.07 Å². The molecule has 1 aromatic carbocycles. The van der Waals surface area contributed by atoms with Gasteiger partial charge in [0.1, 0.15) is 5.75 Å². The first-order valence-corrected chi connectivity index (χ1v) is 5.56. The van der Waals surface area contributed by atoms with Crippen LogP contribution < -0.4 is 4.90 Å². The minimum atomic E-state index is -0.156. The van der Waals surface area contributed by atoms with Crippen molar-refractivity contribution in [1.82, 2.24) is 4.98 Å². The number of nitrogens with zero attached hydrogens (tertiary/aromatic N) is 2. The molecule has 0 spiro atoms. The quantitative estimate of drug-likeness (QED) is 0.879. The number of benzene rings is 1. The summed E-state index contributed by atoms with van der Waals surface area (Å²) in [5, 5.41) is 9.41. The Bertz CT molecular complexity index is 582. The van der Waals surface area contributed by atoms with Gasteiger partial charge in [-0.05, 0) is 30.7 Å². The number of rotatable bonds is 2. The van der Waals surface area contributed by atoms with Gasteiger partial charge < -0.3 is 10.0 Å². The number of phenolic OH excluding ortho intramolecular Hbond substituents is 1. The molecule has 0 bridgehead atoms. The summed E-state index contributed by atoms with van der Waals surface area (Å²) in [6, 6.07) is 8.36. The van der Waals surface area contributed by atoms with Crippen molar-refractivity contribution in [2.45, 2.75) is 6.92 Å². The number of anilines is 1. The minimum absolute atomic E-state index is 0.134. The highest BCUT2D eigenvalue weighted by Crippen LogP contribution is 2.20. The summed E-state index contributed by atoms with van der Waals surface area (Å²) in [6.07, 6.45) is 3.24. The van der Waals surface area contributed by atoms with E-state index >= 15 is 0 Å². The van der Waals surface area contributed by atoms with Crippen LogP contribution in [0.15, 0.2) is 42.7 Å². The van der Waals surface area contributed by atoms with Crippen LogP contribution in [0.5, 0.6) is 5.75 Å². The van der Waals surface area contributed by atoms with Gasteiger partial charge in [0.15, 0.2) is 0 Å². The lowest BCUT2D eigenvalue weighted by Crippen LogP contribution is -2.26. The average molecular weight is 242 g/mol. The third-order valence-corrected chi connectivity index (χ3v) is 2.64. The minimum Gasteiger partial charge on any atom is -0.508 e. The summed E-state index contributed by atoms with van der Waals surface area (Å²) in [6.45, 7) is 1.89. The number of aryl methyl sites for hydroxylation is 1. The SMILES string of the molecule is Cc1cncc(C(=O)N(C)c2cccc(O)c2)c1. The van der Waals surface area contributed by atoms with Crippen molar-refractivity contribution in [2.75, 3.05) is 11.9 Å². The number of carbonyl (C=O) groups is 1. The molecule has 2 aromatic rings. The van der Waals surface area contributed by atoms with Crippen LogP contribution in [0, 0.1) is 6.92 Å². The Morgan fingerprint density at radius 3 is 2.72 bits per heavy atom. The van der Waals surface area contributed by atoms with Gasteiger partial charge in [0.2, 0.25) is 0 Å². The molecule has 92 valence electrons. The Morgan fingerprint density at radius 2 is 2.06 bits per heavy atom. The van der Waals surface area contributed by atoms with Gasteiger partial charge in [-0.25, -0.2) is 0 Å². The molecule has 2 rings (SSSR count). The summed E-state index contributed by atoms with van der Waals surface area (Å²) < 4.78 is 0. The van der Waals surface area contributed by atoms with E-state index in [0.717, 1.165) is 5.56 Å². The third kappa shape index (κ3) is 2.48. The fourth-order valence-electron chi connectivity index (χ4n) is 1.68. The maximum Gasteiger partial charge on any atom is 0.259 e. The smallest absolute Gasteiger partial charge is 0.259 e. The predicted octanol–water partition coefficient (Wildman–Crippen LogP) is 2.37. The van der Waals surface area contributed by atoms with Crippen LogP contribution in [0.25, 0.3) is 0 Å². The van der Waals surface area contributed by atoms with E-state index in [4.69, 9.17) is 0 Å². The van der Waals surface area contributed by atoms with Gasteiger partial charge in [-0.3, -0.25) is 9.78 Å². The molecule has 4 nitrogen and oxygen atoms in total. The van der Waals surface area contributed by atoms with Crippen LogP contribution >= 0.6 is 0 Å². The Morgan fingerprint density at radius 1 is 1.28 bits per heavy atom. The van der Waals surface area contributed by atoms with Crippen LogP contribution in [0.4, 0.5) is 5.69 Å². The number of hydrogen-bond acceptors (Lipinski definition) is 3. The number of pyridine rings is 1. The van der Waals surface area contributed by atoms with Gasteiger partial charge >= 0.3 is 0 Å². The molecule has 0 aliphatic carbocycles. The second-order valence-electron chi connectivity index (χ2n) is 4.13. The molecule has 0 saturated heterocycles. The van der Waals surface area contributed by atoms with E-state index in [1.807, 2.05) is 6.92 Å². The first-order valence-electron chi connectivity index (χ1n) is 5.56. The number of aromatic nitrogens is 1. The fourth-order valence-corrected chi connectivity index (χ4v) is 1.68. The van der Waals surface area contributed by atoms with E-state index in [1.54, 1.807) is 43.6 Å². The molecule has 1 aromatic heterocycles. The van der Waals surface area contributed by atoms with Crippen LogP contribution in [0.3, 0.4) is 0 Å². The molecule has 0 radical (unpaired) electrons. The summed E-state index contributed by atoms with van der Waals surface area (Å²) in [4.78, 5) is 17.7. The zero-order valence-electron chi connectivity index (χ0n) is 10.3. The lowest BCUT2D eigenvalue weighted by atomic mass is 10.2. The van der Waals surface area contributed by atoms with Crippen LogP contribution in [-0.4, -0.2) is 23.0 Å². The normalized spacial score (nSPS) is 10.1. The topological polar surface area (TPSA) is 53.4 Å². The van der Waals surface area contributed by atoms with E-state index in [1.165, 1.54) is 11.1 Å². The molecule has 18 heavy (non-hydrogen) atoms. The second kappa shape index (κ2) is 4.87. The molecule has 0 saturated carbocycles. The van der Waals surface area contributed by atoms with Gasteiger partial charge in [0.25, 0.3) is 5.91 Å². The molecular weight excluding hydrogens is 228 g/mol. The zero-order chi connectivity index (χ0) is 13.1. The van der Waals surface area contributed by atoms with Crippen LogP contribution in [0.2, 0.25) is 0 Å². The Hall–Kier alpha value is -2.36. The zero-order valence-corrected chi connectivity index (χ0v) is 10.3. The van der Waals surface area contributed by atoms with Crippen LogP contribution in [0.1, 0.15) is 15.9 Å². The highest BCUT2D eigenvalue weighted by molar-refractivity contribution is 6.05. The van der Waals surface area contributed by atoms with Crippen molar-refractivity contribution in [1.29, 1.82) is 0 Å². The van der Waals surface area contributed by atoms with Crippen molar-refractivity contribution in [3.05, 3.63) is 53.9 Å². The molecule has 0 fully saturated rings. The summed E-state index contributed by atoms with van der Waals surface area (Å²) in [5.41, 5.74) is 2.10. The fraction of sp³-hybridized carbons (Fsp3) is 0.143. The lowest BCUT2D eigenvalue weighted by molar-refractivity contribution is 0.0992. The number of aromatic hydroxyl groups is 1. The Balaban J connectivity index is 2.29. The average Bonchev–Trinajstić information content (AvgIpc) is 2.37. The van der Waals surface area contributed by atoms with Crippen molar-refractivity contribution < 1.29 is 9.90 Å². The molecule has 0 aliphatic rings. The van der Waals surface area contributed by atoms with E-state index in [2.05, 4.69) is 4.98 Å². The number of hydrogen-bond donors (Lipinski definition) is 1. The Kier molecular flexibility index (Phi) is 3.28. The van der Waals surface area contributed by atoms with E-state index in [0.29, 0.717) is 11.3 Å².